The summed E-state index contributed by atoms with van der Waals surface area (Å²) < 4.78 is 87.2. The van der Waals surface area contributed by atoms with Crippen LogP contribution < -0.4 is 0 Å². The van der Waals surface area contributed by atoms with Gasteiger partial charge >= 0.3 is 0 Å². The van der Waals surface area contributed by atoms with Crippen molar-refractivity contribution < 1.29 is 112 Å². The van der Waals surface area contributed by atoms with Crippen molar-refractivity contribution in [3.8, 4) is 0 Å². The van der Waals surface area contributed by atoms with E-state index in [1.54, 1.807) is 49.0 Å². The number of hydrogen-bond acceptors (Lipinski definition) is 23. The molecule has 4 saturated carbocycles. The summed E-state index contributed by atoms with van der Waals surface area (Å²) in [6.45, 7) is 12.3. The highest BCUT2D eigenvalue weighted by Crippen LogP contribution is 2.70. The van der Waals surface area contributed by atoms with Crippen LogP contribution in [0.3, 0.4) is 0 Å². The molecule has 9 rings (SSSR count). The predicted octanol–water partition coefficient (Wildman–Crippen LogP) is 0.523. The average molecular weight is 1120 g/mol. The van der Waals surface area contributed by atoms with E-state index in [0.29, 0.717) is 31.6 Å². The van der Waals surface area contributed by atoms with Crippen molar-refractivity contribution in [3.63, 3.8) is 0 Å². The number of aliphatic hydroxyl groups is 9. The Morgan fingerprint density at radius 1 is 0.513 bits per heavy atom. The zero-order chi connectivity index (χ0) is 56.6. The molecule has 4 aliphatic carbocycles. The smallest absolute Gasteiger partial charge is 0.187 e. The summed E-state index contributed by atoms with van der Waals surface area (Å²) in [5.41, 5.74) is -4.20. The largest absolute Gasteiger partial charge is 0.394 e. The second-order valence-corrected chi connectivity index (χ2v) is 24.8. The highest BCUT2D eigenvalue weighted by Gasteiger charge is 2.76. The maximum absolute atomic E-state index is 12.5. The highest BCUT2D eigenvalue weighted by molar-refractivity contribution is 5.25. The quantitative estimate of drug-likeness (QED) is 0.0952. The number of methoxy groups -OCH3 is 4. The molecule has 5 saturated heterocycles. The van der Waals surface area contributed by atoms with Crippen molar-refractivity contribution in [1.29, 1.82) is 0 Å². The minimum Gasteiger partial charge on any atom is -0.394 e. The molecule has 9 aliphatic rings. The Balaban J connectivity index is 0.752. The van der Waals surface area contributed by atoms with Crippen LogP contribution in [-0.4, -0.2) is 246 Å². The van der Waals surface area contributed by atoms with Crippen molar-refractivity contribution in [2.24, 2.45) is 28.6 Å². The van der Waals surface area contributed by atoms with Crippen molar-refractivity contribution in [1.82, 2.24) is 0 Å². The molecule has 452 valence electrons. The Labute approximate surface area is 458 Å². The van der Waals surface area contributed by atoms with Crippen molar-refractivity contribution in [2.75, 3.05) is 35.0 Å². The van der Waals surface area contributed by atoms with Gasteiger partial charge in [-0.2, -0.15) is 0 Å². The molecular formula is C55H94O23. The number of ether oxygens (including phenoxy) is 14. The Morgan fingerprint density at radius 3 is 1.55 bits per heavy atom. The lowest BCUT2D eigenvalue weighted by molar-refractivity contribution is -0.374. The van der Waals surface area contributed by atoms with E-state index >= 15 is 0 Å². The monoisotopic (exact) mass is 1120 g/mol. The molecule has 0 aromatic heterocycles. The Hall–Kier alpha value is -0.920. The first-order valence-electron chi connectivity index (χ1n) is 28.7. The lowest BCUT2D eigenvalue weighted by Crippen LogP contribution is -2.72. The van der Waals surface area contributed by atoms with Crippen LogP contribution in [0.25, 0.3) is 0 Å². The van der Waals surface area contributed by atoms with Gasteiger partial charge in [0.15, 0.2) is 31.5 Å². The fourth-order valence-corrected chi connectivity index (χ4v) is 16.2. The molecule has 0 bridgehead atoms. The first kappa shape index (κ1) is 61.6. The van der Waals surface area contributed by atoms with Gasteiger partial charge in [0.25, 0.3) is 0 Å². The molecule has 5 aliphatic heterocycles. The number of aliphatic hydroxyl groups excluding tert-OH is 7. The molecule has 0 radical (unpaired) electrons. The van der Waals surface area contributed by atoms with E-state index in [2.05, 4.69) is 6.92 Å². The third kappa shape index (κ3) is 10.8. The fraction of sp³-hybridized carbons (Fsp3) is 1.00. The van der Waals surface area contributed by atoms with Gasteiger partial charge in [-0.25, -0.2) is 0 Å². The maximum atomic E-state index is 12.5. The molecule has 78 heavy (non-hydrogen) atoms. The Kier molecular flexibility index (Phi) is 19.1. The van der Waals surface area contributed by atoms with E-state index in [0.717, 1.165) is 32.1 Å². The summed E-state index contributed by atoms with van der Waals surface area (Å²) >= 11 is 0. The van der Waals surface area contributed by atoms with Crippen LogP contribution in [0.2, 0.25) is 0 Å². The average Bonchev–Trinajstić information content (AvgIpc) is 3.84. The van der Waals surface area contributed by atoms with Gasteiger partial charge in [0, 0.05) is 47.7 Å². The van der Waals surface area contributed by atoms with Crippen molar-refractivity contribution >= 4 is 0 Å². The van der Waals surface area contributed by atoms with Gasteiger partial charge in [0.1, 0.15) is 66.6 Å². The molecule has 9 fully saturated rings. The minimum atomic E-state index is -1.67. The van der Waals surface area contributed by atoms with Crippen LogP contribution in [-0.2, 0) is 66.3 Å². The zero-order valence-corrected chi connectivity index (χ0v) is 47.4. The molecule has 0 unspecified atom stereocenters. The lowest BCUT2D eigenvalue weighted by Gasteiger charge is -2.66. The molecule has 0 aromatic rings. The van der Waals surface area contributed by atoms with Crippen LogP contribution in [0.5, 0.6) is 0 Å². The zero-order valence-electron chi connectivity index (χ0n) is 47.4. The summed E-state index contributed by atoms with van der Waals surface area (Å²) in [7, 11) is 6.19. The first-order chi connectivity index (χ1) is 36.9. The minimum absolute atomic E-state index is 0.0470. The third-order valence-corrected chi connectivity index (χ3v) is 21.0. The van der Waals surface area contributed by atoms with Crippen molar-refractivity contribution in [3.05, 3.63) is 0 Å². The number of fused-ring (bicyclic) bond motifs is 5. The van der Waals surface area contributed by atoms with E-state index in [9.17, 15) is 46.0 Å². The highest BCUT2D eigenvalue weighted by atomic mass is 16.8. The van der Waals surface area contributed by atoms with Gasteiger partial charge < -0.3 is 112 Å². The normalized spacial score (nSPS) is 55.2. The van der Waals surface area contributed by atoms with Crippen LogP contribution in [0.15, 0.2) is 0 Å². The molecule has 0 amide bonds. The van der Waals surface area contributed by atoms with Crippen LogP contribution in [0.4, 0.5) is 0 Å². The van der Waals surface area contributed by atoms with Crippen LogP contribution in [0.1, 0.15) is 119 Å². The van der Waals surface area contributed by atoms with Gasteiger partial charge in [-0.3, -0.25) is 0 Å². The first-order valence-corrected chi connectivity index (χ1v) is 28.7. The second-order valence-electron chi connectivity index (χ2n) is 24.8. The molecule has 23 heteroatoms. The number of rotatable bonds is 16. The summed E-state index contributed by atoms with van der Waals surface area (Å²) in [5.74, 6) is 0.305. The summed E-state index contributed by atoms with van der Waals surface area (Å²) in [6, 6.07) is 0. The van der Waals surface area contributed by atoms with E-state index in [1.165, 1.54) is 7.11 Å². The second kappa shape index (κ2) is 24.2. The molecular weight excluding hydrogens is 1030 g/mol. The molecule has 32 atom stereocenters. The SMILES string of the molecule is CO[C@H]1[C@@H](O)[C@H](O[C@H]2[C@@H](OC)C[C@H](O[C@@H]3[C@@H](C)O[C@@H](O[C@H]4[C@@H](OC)C[C@H](O[C@H]5CC[C@@]6(C)[C@@H](CC[C@@H]7[C@@H]6C[C@@H](O)[C@]6(C)[C@](O)([C@H](C)O)CC[C@]76O)C5)O[C@@H]4C)C[C@H]3OC)O[C@@H]2C)O[C@H](C)[C@H]1O[C@@H]1O[C@H](CO)[C@@H](O)[C@H](O)[C@H]1O. The fourth-order valence-electron chi connectivity index (χ4n) is 16.2. The van der Waals surface area contributed by atoms with Gasteiger partial charge in [0.05, 0.1) is 78.7 Å². The van der Waals surface area contributed by atoms with Gasteiger partial charge in [-0.15, -0.1) is 0 Å². The summed E-state index contributed by atoms with van der Waals surface area (Å²) in [6.07, 6.45) is -15.6. The van der Waals surface area contributed by atoms with Gasteiger partial charge in [-0.1, -0.05) is 13.8 Å². The van der Waals surface area contributed by atoms with Crippen LogP contribution in [0, 0.1) is 28.6 Å². The van der Waals surface area contributed by atoms with E-state index in [-0.39, 0.29) is 42.3 Å². The van der Waals surface area contributed by atoms with Crippen molar-refractivity contribution in [2.45, 2.75) is 284 Å². The standard InChI is InChI=1S/C55H94O23/c1-24-45(33(65-8)20-38(69-24)73-30-14-15-52(6)29(18-30)12-13-31-32(52)19-37(58)53(7)54(63,28(5)57)16-17-55(31,53)64)75-39-21-34(66-9)46(25(2)70-39)76-40-22-35(67-10)47(26(3)71-40)77-51-44(62)49(68-11)48(27(4)72-51)78-50-43(61)42(60)41(59)36(23-56)74-50/h24-51,56-64H,12-23H2,1-11H3/t24-,25-,26-,27-,28+,29+,30+,31-,32+,33+,34-,35+,36-,37-,38+,39+,40+,41-,42+,43-,44-,45-,46-,47-,48-,49+,50+,51+,52+,53-,54-,55+/m1/s1. The van der Waals surface area contributed by atoms with Gasteiger partial charge in [-0.05, 0) is 109 Å². The molecule has 0 aromatic carbocycles. The number of hydrogen-bond donors (Lipinski definition) is 9. The molecule has 9 N–H and O–H groups in total. The Morgan fingerprint density at radius 2 is 1.03 bits per heavy atom. The van der Waals surface area contributed by atoms with E-state index in [4.69, 9.17) is 66.3 Å². The lowest BCUT2D eigenvalue weighted by atomic mass is 9.42. The van der Waals surface area contributed by atoms with E-state index in [1.807, 2.05) is 13.8 Å². The van der Waals surface area contributed by atoms with Crippen LogP contribution >= 0.6 is 0 Å². The maximum Gasteiger partial charge on any atom is 0.187 e. The van der Waals surface area contributed by atoms with E-state index < -0.39 is 165 Å². The summed E-state index contributed by atoms with van der Waals surface area (Å²) in [5, 5.41) is 99.1. The molecule has 5 heterocycles. The Bertz CT molecular complexity index is 1960. The molecule has 23 nitrogen and oxygen atoms in total. The topological polar surface area (TPSA) is 311 Å². The third-order valence-electron chi connectivity index (χ3n) is 21.0. The summed E-state index contributed by atoms with van der Waals surface area (Å²) in [4.78, 5) is 0. The predicted molar refractivity (Wildman–Crippen MR) is 270 cm³/mol. The van der Waals surface area contributed by atoms with Gasteiger partial charge in [0.2, 0.25) is 0 Å². The molecule has 0 spiro atoms.